The summed E-state index contributed by atoms with van der Waals surface area (Å²) in [6.45, 7) is 3.84. The van der Waals surface area contributed by atoms with E-state index in [0.717, 1.165) is 56.6 Å². The number of nitrogens with one attached hydrogen (secondary N) is 1. The molecular weight excluding hydrogens is 390 g/mol. The van der Waals surface area contributed by atoms with Gasteiger partial charge >= 0.3 is 0 Å². The highest BCUT2D eigenvalue weighted by molar-refractivity contribution is 5.94. The molecule has 2 aromatic heterocycles. The highest BCUT2D eigenvalue weighted by atomic mass is 16.2. The van der Waals surface area contributed by atoms with E-state index in [9.17, 15) is 9.59 Å². The highest BCUT2D eigenvalue weighted by Gasteiger charge is 2.30. The van der Waals surface area contributed by atoms with Crippen molar-refractivity contribution < 1.29 is 9.59 Å². The third kappa shape index (κ3) is 5.46. The minimum Gasteiger partial charge on any atom is -0.346 e. The number of hydrogen-bond donors (Lipinski definition) is 1. The maximum Gasteiger partial charge on any atom is 0.255 e. The SMILES string of the molecule is Cc1ncc(C(=O)NCc2ccccn2)c(CC2CCN(C(=O)C3CCCC3)CC2)n1. The molecule has 2 aromatic rings. The molecule has 164 valence electrons. The molecule has 0 bridgehead atoms. The minimum atomic E-state index is -0.172. The summed E-state index contributed by atoms with van der Waals surface area (Å²) in [5.41, 5.74) is 2.14. The topological polar surface area (TPSA) is 88.1 Å². The number of rotatable bonds is 6. The molecule has 0 atom stereocenters. The lowest BCUT2D eigenvalue weighted by Crippen LogP contribution is -2.41. The molecule has 7 nitrogen and oxygen atoms in total. The third-order valence-electron chi connectivity index (χ3n) is 6.50. The van der Waals surface area contributed by atoms with E-state index >= 15 is 0 Å². The van der Waals surface area contributed by atoms with Crippen molar-refractivity contribution in [2.24, 2.45) is 11.8 Å². The minimum absolute atomic E-state index is 0.172. The van der Waals surface area contributed by atoms with E-state index in [2.05, 4.69) is 25.2 Å². The van der Waals surface area contributed by atoms with E-state index in [-0.39, 0.29) is 11.8 Å². The van der Waals surface area contributed by atoms with Gasteiger partial charge in [-0.2, -0.15) is 0 Å². The average Bonchev–Trinajstić information content (AvgIpc) is 3.33. The van der Waals surface area contributed by atoms with Crippen molar-refractivity contribution in [3.8, 4) is 0 Å². The molecule has 1 aliphatic heterocycles. The van der Waals surface area contributed by atoms with Crippen LogP contribution in [0.2, 0.25) is 0 Å². The predicted molar refractivity (Wildman–Crippen MR) is 117 cm³/mol. The molecule has 1 aliphatic carbocycles. The standard InChI is InChI=1S/C24H31N5O2/c1-17-26-16-21(23(30)27-15-20-8-4-5-11-25-20)22(28-17)14-18-9-12-29(13-10-18)24(31)19-6-2-3-7-19/h4-5,8,11,16,18-19H,2-3,6-7,9-10,12-15H2,1H3,(H,27,30). The molecule has 2 fully saturated rings. The fourth-order valence-electron chi connectivity index (χ4n) is 4.69. The first kappa shape index (κ1) is 21.4. The van der Waals surface area contributed by atoms with Crippen molar-refractivity contribution in [1.29, 1.82) is 0 Å². The Balaban J connectivity index is 1.35. The number of carbonyl (C=O) groups is 2. The van der Waals surface area contributed by atoms with Crippen LogP contribution in [0.4, 0.5) is 0 Å². The smallest absolute Gasteiger partial charge is 0.255 e. The Hall–Kier alpha value is -2.83. The van der Waals surface area contributed by atoms with E-state index in [1.807, 2.05) is 25.1 Å². The molecule has 1 saturated heterocycles. The second kappa shape index (κ2) is 9.98. The van der Waals surface area contributed by atoms with Crippen LogP contribution in [-0.2, 0) is 17.8 Å². The molecule has 1 saturated carbocycles. The van der Waals surface area contributed by atoms with Gasteiger partial charge in [0.25, 0.3) is 5.91 Å². The number of pyridine rings is 1. The zero-order valence-corrected chi connectivity index (χ0v) is 18.2. The lowest BCUT2D eigenvalue weighted by Gasteiger charge is -2.33. The third-order valence-corrected chi connectivity index (χ3v) is 6.50. The fraction of sp³-hybridized carbons (Fsp3) is 0.542. The van der Waals surface area contributed by atoms with Gasteiger partial charge in [0, 0.05) is 31.4 Å². The molecule has 1 N–H and O–H groups in total. The number of carbonyl (C=O) groups excluding carboxylic acids is 2. The summed E-state index contributed by atoms with van der Waals surface area (Å²) < 4.78 is 0. The van der Waals surface area contributed by atoms with Crippen molar-refractivity contribution in [2.75, 3.05) is 13.1 Å². The molecule has 4 rings (SSSR count). The normalized spacial score (nSPS) is 17.6. The lowest BCUT2D eigenvalue weighted by atomic mass is 9.90. The Kier molecular flexibility index (Phi) is 6.89. The number of aryl methyl sites for hydroxylation is 1. The van der Waals surface area contributed by atoms with Gasteiger partial charge < -0.3 is 10.2 Å². The van der Waals surface area contributed by atoms with E-state index in [1.54, 1.807) is 12.4 Å². The van der Waals surface area contributed by atoms with E-state index in [0.29, 0.717) is 29.8 Å². The molecular formula is C24H31N5O2. The van der Waals surface area contributed by atoms with Crippen LogP contribution in [0.3, 0.4) is 0 Å². The Labute approximate surface area is 183 Å². The summed E-state index contributed by atoms with van der Waals surface area (Å²) in [5.74, 6) is 1.52. The van der Waals surface area contributed by atoms with Crippen LogP contribution < -0.4 is 5.32 Å². The maximum atomic E-state index is 12.8. The van der Waals surface area contributed by atoms with Crippen LogP contribution in [0, 0.1) is 18.8 Å². The van der Waals surface area contributed by atoms with Gasteiger partial charge in [-0.15, -0.1) is 0 Å². The van der Waals surface area contributed by atoms with Gasteiger partial charge in [-0.25, -0.2) is 9.97 Å². The first-order valence-electron chi connectivity index (χ1n) is 11.4. The van der Waals surface area contributed by atoms with Crippen molar-refractivity contribution >= 4 is 11.8 Å². The number of aromatic nitrogens is 3. The number of hydrogen-bond acceptors (Lipinski definition) is 5. The molecule has 0 aromatic carbocycles. The maximum absolute atomic E-state index is 12.8. The molecule has 0 radical (unpaired) electrons. The van der Waals surface area contributed by atoms with Crippen LogP contribution in [0.1, 0.15) is 66.1 Å². The van der Waals surface area contributed by atoms with Crippen LogP contribution >= 0.6 is 0 Å². The van der Waals surface area contributed by atoms with E-state index in [4.69, 9.17) is 0 Å². The van der Waals surface area contributed by atoms with Gasteiger partial charge in [-0.3, -0.25) is 14.6 Å². The second-order valence-electron chi connectivity index (χ2n) is 8.74. The first-order valence-corrected chi connectivity index (χ1v) is 11.4. The summed E-state index contributed by atoms with van der Waals surface area (Å²) in [5, 5.41) is 2.93. The molecule has 0 unspecified atom stereocenters. The summed E-state index contributed by atoms with van der Waals surface area (Å²) in [4.78, 5) is 40.6. The van der Waals surface area contributed by atoms with Crippen LogP contribution in [0.25, 0.3) is 0 Å². The largest absolute Gasteiger partial charge is 0.346 e. The van der Waals surface area contributed by atoms with Crippen molar-refractivity contribution in [2.45, 2.75) is 58.4 Å². The highest BCUT2D eigenvalue weighted by Crippen LogP contribution is 2.29. The zero-order valence-electron chi connectivity index (χ0n) is 18.2. The number of likely N-dealkylation sites (tertiary alicyclic amines) is 1. The van der Waals surface area contributed by atoms with Crippen molar-refractivity contribution in [1.82, 2.24) is 25.2 Å². The molecule has 0 spiro atoms. The summed E-state index contributed by atoms with van der Waals surface area (Å²) in [7, 11) is 0. The zero-order chi connectivity index (χ0) is 21.6. The predicted octanol–water partition coefficient (Wildman–Crippen LogP) is 3.08. The Morgan fingerprint density at radius 1 is 1.10 bits per heavy atom. The van der Waals surface area contributed by atoms with Crippen LogP contribution in [0.15, 0.2) is 30.6 Å². The van der Waals surface area contributed by atoms with E-state index in [1.165, 1.54) is 12.8 Å². The Morgan fingerprint density at radius 2 is 1.87 bits per heavy atom. The van der Waals surface area contributed by atoms with Gasteiger partial charge in [0.2, 0.25) is 5.91 Å². The van der Waals surface area contributed by atoms with Crippen LogP contribution in [0.5, 0.6) is 0 Å². The van der Waals surface area contributed by atoms with Gasteiger partial charge in [-0.1, -0.05) is 18.9 Å². The molecule has 2 aliphatic rings. The van der Waals surface area contributed by atoms with E-state index < -0.39 is 0 Å². The van der Waals surface area contributed by atoms with Gasteiger partial charge in [0.15, 0.2) is 0 Å². The summed E-state index contributed by atoms with van der Waals surface area (Å²) in [6.07, 6.45) is 10.5. The number of piperidine rings is 1. The van der Waals surface area contributed by atoms with Gasteiger partial charge in [0.05, 0.1) is 23.5 Å². The monoisotopic (exact) mass is 421 g/mol. The Morgan fingerprint density at radius 3 is 2.58 bits per heavy atom. The lowest BCUT2D eigenvalue weighted by molar-refractivity contribution is -0.136. The summed E-state index contributed by atoms with van der Waals surface area (Å²) in [6, 6.07) is 5.63. The van der Waals surface area contributed by atoms with Crippen molar-refractivity contribution in [3.05, 3.63) is 53.4 Å². The Bertz CT molecular complexity index is 903. The second-order valence-corrected chi connectivity index (χ2v) is 8.74. The number of amides is 2. The average molecular weight is 422 g/mol. The molecule has 31 heavy (non-hydrogen) atoms. The van der Waals surface area contributed by atoms with Gasteiger partial charge in [0.1, 0.15) is 5.82 Å². The van der Waals surface area contributed by atoms with Gasteiger partial charge in [-0.05, 0) is 57.1 Å². The molecule has 7 heteroatoms. The first-order chi connectivity index (χ1) is 15.1. The van der Waals surface area contributed by atoms with Crippen LogP contribution in [-0.4, -0.2) is 44.8 Å². The van der Waals surface area contributed by atoms with Crippen molar-refractivity contribution in [3.63, 3.8) is 0 Å². The molecule has 3 heterocycles. The number of nitrogens with zero attached hydrogens (tertiary/aromatic N) is 4. The summed E-state index contributed by atoms with van der Waals surface area (Å²) >= 11 is 0. The molecule has 2 amide bonds. The quantitative estimate of drug-likeness (QED) is 0.774. The fourth-order valence-corrected chi connectivity index (χ4v) is 4.69.